The molecule has 0 bridgehead atoms. The zero-order valence-electron chi connectivity index (χ0n) is 10.2. The molecular weight excluding hydrogens is 254 g/mol. The number of nitrogens with one attached hydrogen (secondary N) is 1. The summed E-state index contributed by atoms with van der Waals surface area (Å²) in [5.74, 6) is 2.03. The molecule has 0 heterocycles. The summed E-state index contributed by atoms with van der Waals surface area (Å²) in [6, 6.07) is 7.87. The second kappa shape index (κ2) is 7.62. The van der Waals surface area contributed by atoms with Crippen LogP contribution in [0.15, 0.2) is 24.3 Å². The Hall–Kier alpha value is -0.670. The minimum atomic E-state index is 0.0629. The minimum Gasteiger partial charge on any atom is -0.355 e. The van der Waals surface area contributed by atoms with Crippen molar-refractivity contribution < 1.29 is 4.79 Å². The van der Waals surface area contributed by atoms with Gasteiger partial charge in [-0.05, 0) is 17.7 Å². The van der Waals surface area contributed by atoms with Crippen molar-refractivity contribution in [1.29, 1.82) is 0 Å². The topological polar surface area (TPSA) is 29.1 Å². The van der Waals surface area contributed by atoms with Crippen LogP contribution in [0.1, 0.15) is 19.4 Å². The molecule has 1 N–H and O–H groups in total. The van der Waals surface area contributed by atoms with Crippen molar-refractivity contribution in [2.45, 2.75) is 19.6 Å². The molecule has 0 fully saturated rings. The Morgan fingerprint density at radius 3 is 2.88 bits per heavy atom. The fourth-order valence-corrected chi connectivity index (χ4v) is 2.29. The predicted molar refractivity (Wildman–Crippen MR) is 75.5 cm³/mol. The molecule has 94 valence electrons. The number of hydrogen-bond acceptors (Lipinski definition) is 2. The number of thioether (sulfide) groups is 1. The molecule has 1 aromatic rings. The van der Waals surface area contributed by atoms with E-state index >= 15 is 0 Å². The lowest BCUT2D eigenvalue weighted by Gasteiger charge is -2.07. The van der Waals surface area contributed by atoms with Crippen LogP contribution in [-0.4, -0.2) is 18.2 Å². The van der Waals surface area contributed by atoms with Gasteiger partial charge in [-0.15, -0.1) is 0 Å². The van der Waals surface area contributed by atoms with Crippen molar-refractivity contribution in [3.05, 3.63) is 34.9 Å². The summed E-state index contributed by atoms with van der Waals surface area (Å²) in [4.78, 5) is 11.3. The molecule has 1 aromatic carbocycles. The van der Waals surface area contributed by atoms with E-state index in [1.54, 1.807) is 11.8 Å². The average molecular weight is 272 g/mol. The number of halogens is 1. The first-order valence-corrected chi connectivity index (χ1v) is 7.22. The number of carbonyl (C=O) groups is 1. The largest absolute Gasteiger partial charge is 0.355 e. The van der Waals surface area contributed by atoms with Gasteiger partial charge in [-0.25, -0.2) is 0 Å². The summed E-state index contributed by atoms with van der Waals surface area (Å²) in [5, 5.41) is 3.67. The molecular formula is C13H18ClNOS. The van der Waals surface area contributed by atoms with E-state index in [1.807, 2.05) is 32.0 Å². The Balaban J connectivity index is 2.14. The SMILES string of the molecule is CC(C)C(=O)NCCSCc1cccc(Cl)c1. The Labute approximate surface area is 112 Å². The number of benzene rings is 1. The average Bonchev–Trinajstić information content (AvgIpc) is 2.28. The standard InChI is InChI=1S/C13H18ClNOS/c1-10(2)13(16)15-6-7-17-9-11-4-3-5-12(14)8-11/h3-5,8,10H,6-7,9H2,1-2H3,(H,15,16). The molecule has 0 unspecified atom stereocenters. The quantitative estimate of drug-likeness (QED) is 0.804. The van der Waals surface area contributed by atoms with Crippen molar-refractivity contribution >= 4 is 29.3 Å². The lowest BCUT2D eigenvalue weighted by molar-refractivity contribution is -0.123. The van der Waals surface area contributed by atoms with Crippen LogP contribution in [0, 0.1) is 5.92 Å². The van der Waals surface area contributed by atoms with Gasteiger partial charge in [0.05, 0.1) is 0 Å². The molecule has 0 aliphatic rings. The van der Waals surface area contributed by atoms with E-state index < -0.39 is 0 Å². The van der Waals surface area contributed by atoms with Crippen LogP contribution in [0.2, 0.25) is 5.02 Å². The molecule has 0 aliphatic heterocycles. The van der Waals surface area contributed by atoms with Gasteiger partial charge in [0.1, 0.15) is 0 Å². The molecule has 1 rings (SSSR count). The van der Waals surface area contributed by atoms with Crippen LogP contribution in [-0.2, 0) is 10.5 Å². The number of hydrogen-bond donors (Lipinski definition) is 1. The summed E-state index contributed by atoms with van der Waals surface area (Å²) < 4.78 is 0. The number of rotatable bonds is 6. The molecule has 4 heteroatoms. The van der Waals surface area contributed by atoms with E-state index in [1.165, 1.54) is 5.56 Å². The fourth-order valence-electron chi connectivity index (χ4n) is 1.27. The molecule has 0 saturated carbocycles. The maximum Gasteiger partial charge on any atom is 0.222 e. The predicted octanol–water partition coefficient (Wildman–Crippen LogP) is 3.35. The van der Waals surface area contributed by atoms with Gasteiger partial charge >= 0.3 is 0 Å². The summed E-state index contributed by atoms with van der Waals surface area (Å²) in [7, 11) is 0. The minimum absolute atomic E-state index is 0.0629. The molecule has 0 spiro atoms. The molecule has 0 aliphatic carbocycles. The lowest BCUT2D eigenvalue weighted by Crippen LogP contribution is -2.29. The van der Waals surface area contributed by atoms with E-state index in [0.29, 0.717) is 0 Å². The highest BCUT2D eigenvalue weighted by molar-refractivity contribution is 7.98. The normalized spacial score (nSPS) is 10.6. The van der Waals surface area contributed by atoms with Crippen LogP contribution >= 0.6 is 23.4 Å². The third-order valence-corrected chi connectivity index (χ3v) is 3.49. The first-order valence-electron chi connectivity index (χ1n) is 5.69. The molecule has 0 aromatic heterocycles. The smallest absolute Gasteiger partial charge is 0.222 e. The Morgan fingerprint density at radius 2 is 2.24 bits per heavy atom. The van der Waals surface area contributed by atoms with Crippen molar-refractivity contribution in [3.63, 3.8) is 0 Å². The van der Waals surface area contributed by atoms with Crippen LogP contribution in [0.3, 0.4) is 0 Å². The highest BCUT2D eigenvalue weighted by atomic mass is 35.5. The van der Waals surface area contributed by atoms with Crippen molar-refractivity contribution in [2.24, 2.45) is 5.92 Å². The number of amides is 1. The van der Waals surface area contributed by atoms with Crippen LogP contribution in [0.5, 0.6) is 0 Å². The first kappa shape index (κ1) is 14.4. The van der Waals surface area contributed by atoms with Crippen LogP contribution in [0.4, 0.5) is 0 Å². The zero-order valence-corrected chi connectivity index (χ0v) is 11.8. The fraction of sp³-hybridized carbons (Fsp3) is 0.462. The van der Waals surface area contributed by atoms with Gasteiger partial charge in [-0.3, -0.25) is 4.79 Å². The maximum atomic E-state index is 11.3. The van der Waals surface area contributed by atoms with Crippen molar-refractivity contribution in [1.82, 2.24) is 5.32 Å². The monoisotopic (exact) mass is 271 g/mol. The van der Waals surface area contributed by atoms with Crippen molar-refractivity contribution in [3.8, 4) is 0 Å². The molecule has 2 nitrogen and oxygen atoms in total. The van der Waals surface area contributed by atoms with Crippen LogP contribution in [0.25, 0.3) is 0 Å². The number of carbonyl (C=O) groups excluding carboxylic acids is 1. The van der Waals surface area contributed by atoms with Crippen LogP contribution < -0.4 is 5.32 Å². The van der Waals surface area contributed by atoms with Gasteiger partial charge < -0.3 is 5.32 Å². The molecule has 17 heavy (non-hydrogen) atoms. The van der Waals surface area contributed by atoms with Gasteiger partial charge in [0.2, 0.25) is 5.91 Å². The third-order valence-electron chi connectivity index (χ3n) is 2.23. The van der Waals surface area contributed by atoms with Crippen molar-refractivity contribution in [2.75, 3.05) is 12.3 Å². The zero-order chi connectivity index (χ0) is 12.7. The van der Waals surface area contributed by atoms with E-state index in [4.69, 9.17) is 11.6 Å². The second-order valence-electron chi connectivity index (χ2n) is 4.13. The molecule has 0 radical (unpaired) electrons. The second-order valence-corrected chi connectivity index (χ2v) is 5.67. The van der Waals surface area contributed by atoms with E-state index in [0.717, 1.165) is 23.1 Å². The van der Waals surface area contributed by atoms with Gasteiger partial charge in [0.15, 0.2) is 0 Å². The van der Waals surface area contributed by atoms with Gasteiger partial charge in [-0.1, -0.05) is 37.6 Å². The maximum absolute atomic E-state index is 11.3. The summed E-state index contributed by atoms with van der Waals surface area (Å²) in [6.45, 7) is 4.52. The van der Waals surface area contributed by atoms with Gasteiger partial charge in [-0.2, -0.15) is 11.8 Å². The lowest BCUT2D eigenvalue weighted by atomic mass is 10.2. The summed E-state index contributed by atoms with van der Waals surface area (Å²) >= 11 is 7.69. The Bertz CT molecular complexity index is 368. The van der Waals surface area contributed by atoms with Gasteiger partial charge in [0.25, 0.3) is 0 Å². The Morgan fingerprint density at radius 1 is 1.47 bits per heavy atom. The molecule has 0 saturated heterocycles. The highest BCUT2D eigenvalue weighted by Gasteiger charge is 2.04. The van der Waals surface area contributed by atoms with E-state index in [-0.39, 0.29) is 11.8 Å². The summed E-state index contributed by atoms with van der Waals surface area (Å²) in [5.41, 5.74) is 1.22. The molecule has 0 atom stereocenters. The Kier molecular flexibility index (Phi) is 6.45. The molecule has 1 amide bonds. The van der Waals surface area contributed by atoms with E-state index in [2.05, 4.69) is 11.4 Å². The van der Waals surface area contributed by atoms with Gasteiger partial charge in [0, 0.05) is 29.0 Å². The first-order chi connectivity index (χ1) is 8.09. The summed E-state index contributed by atoms with van der Waals surface area (Å²) in [6.07, 6.45) is 0. The highest BCUT2D eigenvalue weighted by Crippen LogP contribution is 2.16. The third kappa shape index (κ3) is 5.99. The van der Waals surface area contributed by atoms with E-state index in [9.17, 15) is 4.79 Å².